The summed E-state index contributed by atoms with van der Waals surface area (Å²) in [5.74, 6) is 0.931. The Balaban J connectivity index is 1.23. The zero-order chi connectivity index (χ0) is 25.4. The Bertz CT molecular complexity index is 1510. The Morgan fingerprint density at radius 1 is 1.03 bits per heavy atom. The van der Waals surface area contributed by atoms with Crippen LogP contribution in [0.2, 0.25) is 0 Å². The molecule has 5 aromatic rings. The van der Waals surface area contributed by atoms with E-state index in [-0.39, 0.29) is 5.91 Å². The van der Waals surface area contributed by atoms with Crippen molar-refractivity contribution in [2.75, 3.05) is 33.3 Å². The quantitative estimate of drug-likeness (QED) is 0.358. The molecule has 37 heavy (non-hydrogen) atoms. The molecule has 1 unspecified atom stereocenters. The van der Waals surface area contributed by atoms with Crippen molar-refractivity contribution in [2.45, 2.75) is 19.5 Å². The molecule has 7 heteroatoms. The van der Waals surface area contributed by atoms with Crippen LogP contribution in [0.3, 0.4) is 0 Å². The number of aromatic nitrogens is 3. The molecule has 7 nitrogen and oxygen atoms in total. The highest BCUT2D eigenvalue weighted by atomic mass is 16.5. The predicted octanol–water partition coefficient (Wildman–Crippen LogP) is 5.10. The molecule has 0 spiro atoms. The summed E-state index contributed by atoms with van der Waals surface area (Å²) >= 11 is 0. The van der Waals surface area contributed by atoms with Crippen molar-refractivity contribution in [3.63, 3.8) is 0 Å². The summed E-state index contributed by atoms with van der Waals surface area (Å²) < 4.78 is 7.57. The van der Waals surface area contributed by atoms with Crippen molar-refractivity contribution >= 4 is 27.8 Å². The van der Waals surface area contributed by atoms with Crippen LogP contribution in [0, 0.1) is 0 Å². The maximum absolute atomic E-state index is 13.4. The zero-order valence-corrected chi connectivity index (χ0v) is 21.2. The van der Waals surface area contributed by atoms with E-state index in [0.717, 1.165) is 65.1 Å². The summed E-state index contributed by atoms with van der Waals surface area (Å²) in [5.41, 5.74) is 5.17. The molecule has 1 saturated heterocycles. The van der Waals surface area contributed by atoms with Crippen molar-refractivity contribution in [3.8, 4) is 17.0 Å². The summed E-state index contributed by atoms with van der Waals surface area (Å²) in [6.07, 6.45) is 3.86. The lowest BCUT2D eigenvalue weighted by atomic mass is 10.1. The van der Waals surface area contributed by atoms with Gasteiger partial charge in [0.15, 0.2) is 0 Å². The third kappa shape index (κ3) is 4.47. The smallest absolute Gasteiger partial charge is 0.242 e. The molecule has 1 aliphatic heterocycles. The number of amides is 1. The van der Waals surface area contributed by atoms with Crippen LogP contribution in [0.25, 0.3) is 33.2 Å². The molecule has 1 aliphatic rings. The van der Waals surface area contributed by atoms with Gasteiger partial charge in [0.2, 0.25) is 5.91 Å². The molecule has 0 saturated carbocycles. The van der Waals surface area contributed by atoms with Gasteiger partial charge < -0.3 is 19.2 Å². The molecule has 188 valence electrons. The minimum absolute atomic E-state index is 0.143. The number of carbonyl (C=O) groups is 1. The van der Waals surface area contributed by atoms with Crippen LogP contribution in [0.15, 0.2) is 79.1 Å². The lowest BCUT2D eigenvalue weighted by molar-refractivity contribution is -0.133. The first-order chi connectivity index (χ1) is 18.1. The van der Waals surface area contributed by atoms with Crippen LogP contribution in [0.4, 0.5) is 0 Å². The van der Waals surface area contributed by atoms with Crippen LogP contribution in [-0.2, 0) is 11.3 Å². The fourth-order valence-corrected chi connectivity index (χ4v) is 5.40. The molecule has 6 rings (SSSR count). The van der Waals surface area contributed by atoms with Gasteiger partial charge in [-0.25, -0.2) is 4.98 Å². The number of piperazine rings is 1. The average Bonchev–Trinajstić information content (AvgIpc) is 3.54. The second kappa shape index (κ2) is 9.75. The van der Waals surface area contributed by atoms with Crippen LogP contribution in [0.5, 0.6) is 5.75 Å². The third-order valence-corrected chi connectivity index (χ3v) is 7.57. The number of nitrogens with one attached hydrogen (secondary N) is 1. The summed E-state index contributed by atoms with van der Waals surface area (Å²) in [5, 5.41) is 2.10. The molecule has 0 aliphatic carbocycles. The maximum atomic E-state index is 13.4. The monoisotopic (exact) mass is 493 g/mol. The summed E-state index contributed by atoms with van der Waals surface area (Å²) in [6, 6.07) is 23.0. The van der Waals surface area contributed by atoms with Crippen molar-refractivity contribution in [1.29, 1.82) is 0 Å². The molecule has 1 amide bonds. The van der Waals surface area contributed by atoms with Gasteiger partial charge in [0.05, 0.1) is 7.11 Å². The lowest BCUT2D eigenvalue weighted by Gasteiger charge is -2.38. The van der Waals surface area contributed by atoms with Gasteiger partial charge in [0, 0.05) is 72.2 Å². The Morgan fingerprint density at radius 3 is 2.59 bits per heavy atom. The molecule has 2 aromatic carbocycles. The minimum atomic E-state index is 0.143. The average molecular weight is 494 g/mol. The van der Waals surface area contributed by atoms with Gasteiger partial charge in [-0.3, -0.25) is 9.69 Å². The van der Waals surface area contributed by atoms with Crippen LogP contribution < -0.4 is 4.74 Å². The molecule has 0 radical (unpaired) electrons. The normalized spacial score (nSPS) is 15.4. The molecule has 0 bridgehead atoms. The van der Waals surface area contributed by atoms with Crippen molar-refractivity contribution < 1.29 is 9.53 Å². The van der Waals surface area contributed by atoms with E-state index in [2.05, 4.69) is 62.9 Å². The highest BCUT2D eigenvalue weighted by Gasteiger charge is 2.25. The first-order valence-corrected chi connectivity index (χ1v) is 12.8. The molecular weight excluding hydrogens is 462 g/mol. The lowest BCUT2D eigenvalue weighted by Crippen LogP contribution is -2.50. The van der Waals surface area contributed by atoms with Crippen LogP contribution >= 0.6 is 0 Å². The van der Waals surface area contributed by atoms with Gasteiger partial charge in [0.25, 0.3) is 0 Å². The van der Waals surface area contributed by atoms with Gasteiger partial charge in [0.1, 0.15) is 17.9 Å². The molecule has 1 fully saturated rings. The van der Waals surface area contributed by atoms with Crippen LogP contribution in [0.1, 0.15) is 18.5 Å². The van der Waals surface area contributed by atoms with E-state index in [1.165, 1.54) is 5.56 Å². The first kappa shape index (κ1) is 23.3. The number of fused-ring (bicyclic) bond motifs is 2. The SMILES string of the molecule is COc1ccc2c(c1)c(-c1cc3cccnc3[nH]1)cn2CC(=O)N1CCN(C(C)c2ccccc2)CC1. The number of nitrogens with zero attached hydrogens (tertiary/aromatic N) is 4. The van der Waals surface area contributed by atoms with E-state index < -0.39 is 0 Å². The summed E-state index contributed by atoms with van der Waals surface area (Å²) in [7, 11) is 1.67. The first-order valence-electron chi connectivity index (χ1n) is 12.8. The van der Waals surface area contributed by atoms with Gasteiger partial charge in [-0.05, 0) is 48.9 Å². The number of carbonyl (C=O) groups excluding carboxylic acids is 1. The minimum Gasteiger partial charge on any atom is -0.497 e. The molecular formula is C30H31N5O2. The highest BCUT2D eigenvalue weighted by molar-refractivity contribution is 5.99. The third-order valence-electron chi connectivity index (χ3n) is 7.57. The number of hydrogen-bond acceptors (Lipinski definition) is 4. The molecule has 1 N–H and O–H groups in total. The number of aromatic amines is 1. The fraction of sp³-hybridized carbons (Fsp3) is 0.267. The largest absolute Gasteiger partial charge is 0.497 e. The zero-order valence-electron chi connectivity index (χ0n) is 21.2. The molecule has 4 heterocycles. The van der Waals surface area contributed by atoms with Crippen molar-refractivity contribution in [2.24, 2.45) is 0 Å². The van der Waals surface area contributed by atoms with E-state index in [4.69, 9.17) is 4.74 Å². The Morgan fingerprint density at radius 2 is 1.84 bits per heavy atom. The van der Waals surface area contributed by atoms with Crippen molar-refractivity contribution in [1.82, 2.24) is 24.3 Å². The van der Waals surface area contributed by atoms with E-state index in [1.807, 2.05) is 41.3 Å². The van der Waals surface area contributed by atoms with Gasteiger partial charge in [-0.15, -0.1) is 0 Å². The number of H-pyrrole nitrogens is 1. The summed E-state index contributed by atoms with van der Waals surface area (Å²) in [6.45, 7) is 5.77. The number of hydrogen-bond donors (Lipinski definition) is 1. The number of methoxy groups -OCH3 is 1. The maximum Gasteiger partial charge on any atom is 0.242 e. The Hall–Kier alpha value is -4.10. The van der Waals surface area contributed by atoms with Gasteiger partial charge in [-0.2, -0.15) is 0 Å². The van der Waals surface area contributed by atoms with E-state index in [9.17, 15) is 4.79 Å². The number of benzene rings is 2. The second-order valence-electron chi connectivity index (χ2n) is 9.68. The topological polar surface area (TPSA) is 66.4 Å². The van der Waals surface area contributed by atoms with Gasteiger partial charge in [-0.1, -0.05) is 30.3 Å². The van der Waals surface area contributed by atoms with Gasteiger partial charge >= 0.3 is 0 Å². The second-order valence-corrected chi connectivity index (χ2v) is 9.68. The van der Waals surface area contributed by atoms with E-state index in [0.29, 0.717) is 12.6 Å². The number of rotatable bonds is 6. The standard InChI is InChI=1S/C30H31N5O2/c1-21(22-7-4-3-5-8-22)33-13-15-34(16-14-33)29(36)20-35-19-26(25-18-24(37-2)10-11-28(25)35)27-17-23-9-6-12-31-30(23)32-27/h3-12,17-19,21H,13-16,20H2,1-2H3,(H,31,32). The fourth-order valence-electron chi connectivity index (χ4n) is 5.40. The number of ether oxygens (including phenoxy) is 1. The van der Waals surface area contributed by atoms with E-state index >= 15 is 0 Å². The summed E-state index contributed by atoms with van der Waals surface area (Å²) in [4.78, 5) is 25.7. The number of pyridine rings is 1. The van der Waals surface area contributed by atoms with E-state index in [1.54, 1.807) is 13.3 Å². The Kier molecular flexibility index (Phi) is 6.14. The van der Waals surface area contributed by atoms with Crippen LogP contribution in [-0.4, -0.2) is 63.5 Å². The molecule has 1 atom stereocenters. The Labute approximate surface area is 216 Å². The predicted molar refractivity (Wildman–Crippen MR) is 147 cm³/mol. The van der Waals surface area contributed by atoms with Crippen molar-refractivity contribution in [3.05, 3.63) is 84.7 Å². The highest BCUT2D eigenvalue weighted by Crippen LogP contribution is 2.34. The molecule has 3 aromatic heterocycles.